The van der Waals surface area contributed by atoms with E-state index in [1.165, 1.54) is 0 Å². The number of hydrogen-bond acceptors (Lipinski definition) is 6. The first-order chi connectivity index (χ1) is 7.72. The normalized spacial score (nSPS) is 10.4. The first-order valence-corrected chi connectivity index (χ1v) is 5.06. The van der Waals surface area contributed by atoms with Crippen molar-refractivity contribution in [2.75, 3.05) is 26.3 Å². The maximum absolute atomic E-state index is 11.2. The number of ether oxygens (including phenoxy) is 1. The molecule has 90 valence electrons. The van der Waals surface area contributed by atoms with Crippen molar-refractivity contribution in [1.29, 1.82) is 0 Å². The zero-order chi connectivity index (χ0) is 11.8. The van der Waals surface area contributed by atoms with Crippen LogP contribution >= 0.6 is 0 Å². The maximum atomic E-state index is 11.2. The van der Waals surface area contributed by atoms with Gasteiger partial charge < -0.3 is 20.3 Å². The molecule has 0 radical (unpaired) electrons. The third-order valence-electron chi connectivity index (χ3n) is 1.73. The molecule has 1 amide bonds. The second-order valence-electron chi connectivity index (χ2n) is 3.18. The molecule has 0 fully saturated rings. The average Bonchev–Trinajstić information content (AvgIpc) is 2.65. The van der Waals surface area contributed by atoms with Gasteiger partial charge in [-0.1, -0.05) is 5.16 Å². The first kappa shape index (κ1) is 12.6. The highest BCUT2D eigenvalue weighted by Gasteiger charge is 2.04. The molecule has 0 saturated heterocycles. The van der Waals surface area contributed by atoms with Crippen molar-refractivity contribution in [3.63, 3.8) is 0 Å². The molecule has 0 saturated carbocycles. The fourth-order valence-corrected chi connectivity index (χ4v) is 1.05. The lowest BCUT2D eigenvalue weighted by atomic mass is 10.4. The highest BCUT2D eigenvalue weighted by atomic mass is 16.5. The summed E-state index contributed by atoms with van der Waals surface area (Å²) in [5, 5.41) is 6.30. The number of rotatable bonds is 7. The van der Waals surface area contributed by atoms with Gasteiger partial charge in [-0.2, -0.15) is 4.98 Å². The standard InChI is InChI=1S/C9H16N4O3/c1-7-12-9(16-13-7)2-4-11-8(14)6-15-5-3-10/h2-6,10H2,1H3,(H,11,14). The van der Waals surface area contributed by atoms with Gasteiger partial charge in [-0.15, -0.1) is 0 Å². The fourth-order valence-electron chi connectivity index (χ4n) is 1.05. The van der Waals surface area contributed by atoms with Gasteiger partial charge in [0.2, 0.25) is 11.8 Å². The number of amides is 1. The molecule has 0 atom stereocenters. The molecule has 7 nitrogen and oxygen atoms in total. The summed E-state index contributed by atoms with van der Waals surface area (Å²) in [6.45, 7) is 3.02. The van der Waals surface area contributed by atoms with Crippen molar-refractivity contribution >= 4 is 5.91 Å². The predicted molar refractivity (Wildman–Crippen MR) is 55.6 cm³/mol. The van der Waals surface area contributed by atoms with Crippen LogP contribution in [0.3, 0.4) is 0 Å². The van der Waals surface area contributed by atoms with Crippen LogP contribution in [0.25, 0.3) is 0 Å². The lowest BCUT2D eigenvalue weighted by Crippen LogP contribution is -2.30. The molecular formula is C9H16N4O3. The van der Waals surface area contributed by atoms with Crippen molar-refractivity contribution in [2.45, 2.75) is 13.3 Å². The van der Waals surface area contributed by atoms with E-state index in [0.717, 1.165) is 0 Å². The van der Waals surface area contributed by atoms with E-state index in [0.29, 0.717) is 37.8 Å². The van der Waals surface area contributed by atoms with E-state index in [2.05, 4.69) is 15.5 Å². The molecule has 0 aliphatic heterocycles. The minimum atomic E-state index is -0.176. The molecule has 1 heterocycles. The minimum absolute atomic E-state index is 0.0278. The van der Waals surface area contributed by atoms with Crippen LogP contribution in [-0.2, 0) is 16.0 Å². The van der Waals surface area contributed by atoms with Gasteiger partial charge in [0, 0.05) is 19.5 Å². The van der Waals surface area contributed by atoms with Gasteiger partial charge in [-0.05, 0) is 6.92 Å². The van der Waals surface area contributed by atoms with Crippen LogP contribution in [0.1, 0.15) is 11.7 Å². The van der Waals surface area contributed by atoms with E-state index in [-0.39, 0.29) is 12.5 Å². The first-order valence-electron chi connectivity index (χ1n) is 5.06. The van der Waals surface area contributed by atoms with Crippen LogP contribution in [0.15, 0.2) is 4.52 Å². The molecule has 0 aliphatic rings. The summed E-state index contributed by atoms with van der Waals surface area (Å²) >= 11 is 0. The summed E-state index contributed by atoms with van der Waals surface area (Å²) in [4.78, 5) is 15.2. The monoisotopic (exact) mass is 228 g/mol. The number of hydrogen-bond donors (Lipinski definition) is 2. The SMILES string of the molecule is Cc1noc(CCNC(=O)COCCN)n1. The summed E-state index contributed by atoms with van der Waals surface area (Å²) in [5.41, 5.74) is 5.21. The topological polar surface area (TPSA) is 103 Å². The minimum Gasteiger partial charge on any atom is -0.370 e. The van der Waals surface area contributed by atoms with Crippen LogP contribution < -0.4 is 11.1 Å². The number of carbonyl (C=O) groups excluding carboxylic acids is 1. The Kier molecular flexibility index (Phi) is 5.44. The van der Waals surface area contributed by atoms with Gasteiger partial charge in [0.25, 0.3) is 0 Å². The van der Waals surface area contributed by atoms with Crippen molar-refractivity contribution in [1.82, 2.24) is 15.5 Å². The molecule has 0 spiro atoms. The van der Waals surface area contributed by atoms with Crippen molar-refractivity contribution < 1.29 is 14.1 Å². The number of nitrogens with zero attached hydrogens (tertiary/aromatic N) is 2. The van der Waals surface area contributed by atoms with Crippen molar-refractivity contribution in [3.05, 3.63) is 11.7 Å². The lowest BCUT2D eigenvalue weighted by Gasteiger charge is -2.03. The summed E-state index contributed by atoms with van der Waals surface area (Å²) < 4.78 is 9.85. The lowest BCUT2D eigenvalue weighted by molar-refractivity contribution is -0.125. The Morgan fingerprint density at radius 3 is 3.06 bits per heavy atom. The van der Waals surface area contributed by atoms with E-state index in [4.69, 9.17) is 15.0 Å². The molecular weight excluding hydrogens is 212 g/mol. The zero-order valence-corrected chi connectivity index (χ0v) is 9.23. The highest BCUT2D eigenvalue weighted by molar-refractivity contribution is 5.77. The third kappa shape index (κ3) is 4.85. The molecule has 0 bridgehead atoms. The molecule has 0 unspecified atom stereocenters. The largest absolute Gasteiger partial charge is 0.370 e. The van der Waals surface area contributed by atoms with E-state index in [1.54, 1.807) is 6.92 Å². The summed E-state index contributed by atoms with van der Waals surface area (Å²) in [5.74, 6) is 0.929. The van der Waals surface area contributed by atoms with Crippen molar-refractivity contribution in [2.24, 2.45) is 5.73 Å². The molecule has 1 aromatic heterocycles. The van der Waals surface area contributed by atoms with Crippen LogP contribution in [0.4, 0.5) is 0 Å². The third-order valence-corrected chi connectivity index (χ3v) is 1.73. The Morgan fingerprint density at radius 1 is 1.62 bits per heavy atom. The van der Waals surface area contributed by atoms with Gasteiger partial charge >= 0.3 is 0 Å². The maximum Gasteiger partial charge on any atom is 0.246 e. The Labute approximate surface area is 93.3 Å². The second-order valence-corrected chi connectivity index (χ2v) is 3.18. The number of carbonyl (C=O) groups is 1. The van der Waals surface area contributed by atoms with E-state index in [9.17, 15) is 4.79 Å². The van der Waals surface area contributed by atoms with Gasteiger partial charge in [-0.3, -0.25) is 4.79 Å². The number of nitrogens with two attached hydrogens (primary N) is 1. The highest BCUT2D eigenvalue weighted by Crippen LogP contribution is 1.95. The number of aromatic nitrogens is 2. The zero-order valence-electron chi connectivity index (χ0n) is 9.23. The van der Waals surface area contributed by atoms with Gasteiger partial charge in [-0.25, -0.2) is 0 Å². The van der Waals surface area contributed by atoms with E-state index in [1.807, 2.05) is 0 Å². The summed E-state index contributed by atoms with van der Waals surface area (Å²) in [6, 6.07) is 0. The van der Waals surface area contributed by atoms with Crippen LogP contribution in [-0.4, -0.2) is 42.4 Å². The Balaban J connectivity index is 2.08. The van der Waals surface area contributed by atoms with Gasteiger partial charge in [0.15, 0.2) is 5.82 Å². The van der Waals surface area contributed by atoms with Gasteiger partial charge in [0.05, 0.1) is 6.61 Å². The van der Waals surface area contributed by atoms with E-state index >= 15 is 0 Å². The summed E-state index contributed by atoms with van der Waals surface area (Å²) in [6.07, 6.45) is 0.517. The quantitative estimate of drug-likeness (QED) is 0.581. The smallest absolute Gasteiger partial charge is 0.246 e. The van der Waals surface area contributed by atoms with Gasteiger partial charge in [0.1, 0.15) is 6.61 Å². The van der Waals surface area contributed by atoms with Crippen LogP contribution in [0.2, 0.25) is 0 Å². The van der Waals surface area contributed by atoms with Crippen LogP contribution in [0, 0.1) is 6.92 Å². The molecule has 1 aromatic rings. The van der Waals surface area contributed by atoms with Crippen LogP contribution in [0.5, 0.6) is 0 Å². The van der Waals surface area contributed by atoms with Crippen molar-refractivity contribution in [3.8, 4) is 0 Å². The second kappa shape index (κ2) is 6.91. The molecule has 1 rings (SSSR count). The average molecular weight is 228 g/mol. The Hall–Kier alpha value is -1.47. The number of aryl methyl sites for hydroxylation is 1. The predicted octanol–water partition coefficient (Wildman–Crippen LogP) is -0.988. The Bertz CT molecular complexity index is 326. The fraction of sp³-hybridized carbons (Fsp3) is 0.667. The molecule has 7 heteroatoms. The number of nitrogens with one attached hydrogen (secondary N) is 1. The summed E-state index contributed by atoms with van der Waals surface area (Å²) in [7, 11) is 0. The molecule has 0 aliphatic carbocycles. The van der Waals surface area contributed by atoms with E-state index < -0.39 is 0 Å². The Morgan fingerprint density at radius 2 is 2.44 bits per heavy atom. The molecule has 3 N–H and O–H groups in total. The molecule has 16 heavy (non-hydrogen) atoms. The molecule has 0 aromatic carbocycles.